The second-order valence-corrected chi connectivity index (χ2v) is 7.06. The van der Waals surface area contributed by atoms with Gasteiger partial charge in [-0.1, -0.05) is 6.07 Å². The van der Waals surface area contributed by atoms with Crippen molar-refractivity contribution in [3.63, 3.8) is 0 Å². The highest BCUT2D eigenvalue weighted by atomic mass is 19.4. The molecule has 0 amide bonds. The van der Waals surface area contributed by atoms with Crippen molar-refractivity contribution in [3.05, 3.63) is 46.9 Å². The Kier molecular flexibility index (Phi) is 4.14. The lowest BCUT2D eigenvalue weighted by Crippen LogP contribution is -2.13. The molecule has 0 radical (unpaired) electrons. The predicted octanol–water partition coefficient (Wildman–Crippen LogP) is 4.29. The van der Waals surface area contributed by atoms with E-state index in [1.165, 1.54) is 12.4 Å². The van der Waals surface area contributed by atoms with E-state index in [0.717, 1.165) is 5.56 Å². The summed E-state index contributed by atoms with van der Waals surface area (Å²) in [7, 11) is 0. The molecule has 0 atom stereocenters. The van der Waals surface area contributed by atoms with Gasteiger partial charge in [0.2, 0.25) is 0 Å². The Morgan fingerprint density at radius 2 is 1.83 bits per heavy atom. The number of nitrogens with zero attached hydrogens (tertiary/aromatic N) is 4. The molecule has 0 aliphatic heterocycles. The van der Waals surface area contributed by atoms with Crippen LogP contribution in [0.3, 0.4) is 0 Å². The summed E-state index contributed by atoms with van der Waals surface area (Å²) in [5.74, 6) is 0.242. The van der Waals surface area contributed by atoms with Crippen LogP contribution in [0.2, 0.25) is 0 Å². The zero-order valence-electron chi connectivity index (χ0n) is 16.0. The van der Waals surface area contributed by atoms with Crippen molar-refractivity contribution in [3.8, 4) is 11.4 Å². The van der Waals surface area contributed by atoms with Gasteiger partial charge in [-0.05, 0) is 44.0 Å². The minimum atomic E-state index is -4.36. The molecule has 0 aliphatic carbocycles. The van der Waals surface area contributed by atoms with Gasteiger partial charge in [0.25, 0.3) is 0 Å². The molecule has 0 saturated carbocycles. The standard InChI is InChI=1S/C20H18F3N5O/c1-9-4-5-14(29)10(2)16(9)28-18-13(15-17(24)25-8-26-19(15)28)6-12(11(3)27-18)7-20(21,22)23/h4-6,8,29H,7H2,1-3H3,(H2,24,25,26). The topological polar surface area (TPSA) is 89.8 Å². The molecule has 6 nitrogen and oxygen atoms in total. The van der Waals surface area contributed by atoms with Crippen molar-refractivity contribution in [2.24, 2.45) is 0 Å². The van der Waals surface area contributed by atoms with E-state index in [1.807, 2.05) is 6.92 Å². The summed E-state index contributed by atoms with van der Waals surface area (Å²) < 4.78 is 40.8. The lowest BCUT2D eigenvalue weighted by Gasteiger charge is -2.15. The van der Waals surface area contributed by atoms with Gasteiger partial charge in [-0.25, -0.2) is 15.0 Å². The lowest BCUT2D eigenvalue weighted by atomic mass is 10.1. The van der Waals surface area contributed by atoms with E-state index < -0.39 is 12.6 Å². The molecule has 9 heteroatoms. The summed E-state index contributed by atoms with van der Waals surface area (Å²) in [5, 5.41) is 11.1. The van der Waals surface area contributed by atoms with Crippen LogP contribution in [0.1, 0.15) is 22.4 Å². The van der Waals surface area contributed by atoms with E-state index in [0.29, 0.717) is 33.3 Å². The molecule has 3 heterocycles. The quantitative estimate of drug-likeness (QED) is 0.523. The third-order valence-electron chi connectivity index (χ3n) is 5.07. The number of nitrogen functional groups attached to an aromatic ring is 1. The molecule has 4 aromatic rings. The number of phenolic OH excluding ortho intramolecular Hbond substituents is 1. The SMILES string of the molecule is Cc1ccc(O)c(C)c1-n1c2nc(C)c(CC(F)(F)F)cc2c2c(N)ncnc21. The van der Waals surface area contributed by atoms with Crippen molar-refractivity contribution < 1.29 is 18.3 Å². The average Bonchev–Trinajstić information content (AvgIpc) is 2.93. The third-order valence-corrected chi connectivity index (χ3v) is 5.07. The number of halogens is 3. The molecular weight excluding hydrogens is 383 g/mol. The monoisotopic (exact) mass is 401 g/mol. The number of rotatable bonds is 2. The van der Waals surface area contributed by atoms with Gasteiger partial charge in [-0.2, -0.15) is 13.2 Å². The zero-order chi connectivity index (χ0) is 21.1. The van der Waals surface area contributed by atoms with E-state index >= 15 is 0 Å². The summed E-state index contributed by atoms with van der Waals surface area (Å²) in [4.78, 5) is 12.8. The fraction of sp³-hybridized carbons (Fsp3) is 0.250. The van der Waals surface area contributed by atoms with Crippen molar-refractivity contribution in [1.29, 1.82) is 0 Å². The van der Waals surface area contributed by atoms with Crippen LogP contribution in [0.5, 0.6) is 5.75 Å². The maximum Gasteiger partial charge on any atom is 0.393 e. The first-order valence-corrected chi connectivity index (χ1v) is 8.86. The number of aromatic nitrogens is 4. The molecule has 3 aromatic heterocycles. The number of pyridine rings is 1. The Morgan fingerprint density at radius 3 is 2.52 bits per heavy atom. The molecule has 1 aromatic carbocycles. The van der Waals surface area contributed by atoms with Crippen LogP contribution in [0.4, 0.5) is 19.0 Å². The first kappa shape index (κ1) is 19.0. The molecule has 0 aliphatic rings. The van der Waals surface area contributed by atoms with Gasteiger partial charge in [0.1, 0.15) is 23.5 Å². The van der Waals surface area contributed by atoms with Crippen LogP contribution in [0.25, 0.3) is 27.8 Å². The molecule has 0 spiro atoms. The molecule has 0 saturated heterocycles. The number of nitrogens with two attached hydrogens (primary N) is 1. The first-order valence-electron chi connectivity index (χ1n) is 8.86. The van der Waals surface area contributed by atoms with Gasteiger partial charge >= 0.3 is 6.18 Å². The third kappa shape index (κ3) is 3.02. The normalized spacial score (nSPS) is 12.2. The molecular formula is C20H18F3N5O. The summed E-state index contributed by atoms with van der Waals surface area (Å²) in [6.45, 7) is 5.17. The second kappa shape index (κ2) is 6.33. The maximum absolute atomic E-state index is 13.0. The number of anilines is 1. The highest BCUT2D eigenvalue weighted by molar-refractivity contribution is 6.11. The summed E-state index contributed by atoms with van der Waals surface area (Å²) in [6, 6.07) is 4.80. The maximum atomic E-state index is 13.0. The number of benzene rings is 1. The molecule has 29 heavy (non-hydrogen) atoms. The molecule has 0 unspecified atom stereocenters. The summed E-state index contributed by atoms with van der Waals surface area (Å²) in [5.41, 5.74) is 9.32. The van der Waals surface area contributed by atoms with Crippen LogP contribution in [0.15, 0.2) is 24.5 Å². The van der Waals surface area contributed by atoms with E-state index in [-0.39, 0.29) is 22.8 Å². The van der Waals surface area contributed by atoms with E-state index in [9.17, 15) is 18.3 Å². The Bertz CT molecular complexity index is 1280. The summed E-state index contributed by atoms with van der Waals surface area (Å²) >= 11 is 0. The number of alkyl halides is 3. The fourth-order valence-electron chi connectivity index (χ4n) is 3.68. The number of fused-ring (bicyclic) bond motifs is 3. The Morgan fingerprint density at radius 1 is 1.10 bits per heavy atom. The highest BCUT2D eigenvalue weighted by Gasteiger charge is 2.30. The predicted molar refractivity (Wildman–Crippen MR) is 104 cm³/mol. The Hall–Kier alpha value is -3.36. The van der Waals surface area contributed by atoms with Crippen LogP contribution in [0, 0.1) is 20.8 Å². The highest BCUT2D eigenvalue weighted by Crippen LogP contribution is 2.37. The molecule has 0 bridgehead atoms. The van der Waals surface area contributed by atoms with Gasteiger partial charge in [0.15, 0.2) is 5.65 Å². The van der Waals surface area contributed by atoms with E-state index in [1.54, 1.807) is 30.5 Å². The van der Waals surface area contributed by atoms with Gasteiger partial charge in [-0.15, -0.1) is 0 Å². The van der Waals surface area contributed by atoms with E-state index in [4.69, 9.17) is 5.73 Å². The number of hydrogen-bond acceptors (Lipinski definition) is 5. The average molecular weight is 401 g/mol. The van der Waals surface area contributed by atoms with Crippen molar-refractivity contribution in [1.82, 2.24) is 19.5 Å². The molecule has 3 N–H and O–H groups in total. The van der Waals surface area contributed by atoms with Crippen molar-refractivity contribution >= 4 is 27.9 Å². The summed E-state index contributed by atoms with van der Waals surface area (Å²) in [6.07, 6.45) is -4.16. The molecule has 4 rings (SSSR count). The lowest BCUT2D eigenvalue weighted by molar-refractivity contribution is -0.127. The van der Waals surface area contributed by atoms with Gasteiger partial charge in [-0.3, -0.25) is 4.57 Å². The van der Waals surface area contributed by atoms with Crippen molar-refractivity contribution in [2.75, 3.05) is 5.73 Å². The van der Waals surface area contributed by atoms with Crippen LogP contribution >= 0.6 is 0 Å². The smallest absolute Gasteiger partial charge is 0.393 e. The van der Waals surface area contributed by atoms with Crippen LogP contribution in [-0.2, 0) is 6.42 Å². The van der Waals surface area contributed by atoms with Crippen molar-refractivity contribution in [2.45, 2.75) is 33.4 Å². The number of aromatic hydroxyl groups is 1. The van der Waals surface area contributed by atoms with E-state index in [2.05, 4.69) is 15.0 Å². The van der Waals surface area contributed by atoms with Gasteiger partial charge in [0.05, 0.1) is 17.5 Å². The minimum Gasteiger partial charge on any atom is -0.508 e. The Balaban J connectivity index is 2.17. The minimum absolute atomic E-state index is 0.0663. The number of phenols is 1. The molecule has 0 fully saturated rings. The largest absolute Gasteiger partial charge is 0.508 e. The number of hydrogen-bond donors (Lipinski definition) is 2. The molecule has 150 valence electrons. The first-order chi connectivity index (χ1) is 13.6. The number of aryl methyl sites for hydroxylation is 2. The van der Waals surface area contributed by atoms with Gasteiger partial charge < -0.3 is 10.8 Å². The van der Waals surface area contributed by atoms with Gasteiger partial charge in [0, 0.05) is 16.6 Å². The van der Waals surface area contributed by atoms with Crippen LogP contribution < -0.4 is 5.73 Å². The second-order valence-electron chi connectivity index (χ2n) is 7.06. The Labute approximate surface area is 163 Å². The van der Waals surface area contributed by atoms with Crippen LogP contribution in [-0.4, -0.2) is 30.8 Å². The zero-order valence-corrected chi connectivity index (χ0v) is 16.0. The fourth-order valence-corrected chi connectivity index (χ4v) is 3.68.